The molecule has 3 rings (SSSR count). The topological polar surface area (TPSA) is 67.2 Å². The number of aromatic nitrogens is 2. The quantitative estimate of drug-likeness (QED) is 0.911. The molecule has 5 nitrogen and oxygen atoms in total. The lowest BCUT2D eigenvalue weighted by Crippen LogP contribution is -2.24. The van der Waals surface area contributed by atoms with Crippen molar-refractivity contribution >= 4 is 11.7 Å². The molecule has 1 aromatic carbocycles. The first-order valence-electron chi connectivity index (χ1n) is 6.97. The van der Waals surface area contributed by atoms with E-state index in [0.29, 0.717) is 24.2 Å². The van der Waals surface area contributed by atoms with Crippen molar-refractivity contribution < 1.29 is 18.7 Å². The van der Waals surface area contributed by atoms with Crippen LogP contribution in [0.5, 0.6) is 0 Å². The van der Waals surface area contributed by atoms with E-state index in [1.165, 1.54) is 19.1 Å². The monoisotopic (exact) mass is 307 g/mol. The number of anilines is 1. The van der Waals surface area contributed by atoms with Gasteiger partial charge in [-0.15, -0.1) is 0 Å². The third kappa shape index (κ3) is 2.59. The van der Waals surface area contributed by atoms with Gasteiger partial charge in [0.1, 0.15) is 23.6 Å². The molecule has 0 saturated heterocycles. The summed E-state index contributed by atoms with van der Waals surface area (Å²) in [5.41, 5.74) is 0.394. The molecule has 0 spiro atoms. The van der Waals surface area contributed by atoms with Crippen molar-refractivity contribution in [3.8, 4) is 0 Å². The van der Waals surface area contributed by atoms with E-state index in [1.807, 2.05) is 0 Å². The number of rotatable bonds is 3. The van der Waals surface area contributed by atoms with Gasteiger partial charge in [0, 0.05) is 24.2 Å². The highest BCUT2D eigenvalue weighted by molar-refractivity contribution is 5.92. The Kier molecular flexibility index (Phi) is 3.66. The summed E-state index contributed by atoms with van der Waals surface area (Å²) in [6.45, 7) is 1.36. The fourth-order valence-electron chi connectivity index (χ4n) is 2.66. The second-order valence-corrected chi connectivity index (χ2v) is 5.34. The smallest absolute Gasteiger partial charge is 0.254 e. The predicted molar refractivity (Wildman–Crippen MR) is 75.4 cm³/mol. The molecule has 1 aromatic heterocycles. The fourth-order valence-corrected chi connectivity index (χ4v) is 2.66. The van der Waals surface area contributed by atoms with Crippen LogP contribution in [0, 0.1) is 11.6 Å². The Morgan fingerprint density at radius 1 is 1.50 bits per heavy atom. The van der Waals surface area contributed by atoms with Crippen LogP contribution < -0.4 is 5.32 Å². The number of nitrogens with one attached hydrogen (secondary N) is 1. The Morgan fingerprint density at radius 3 is 2.95 bits per heavy atom. The maximum atomic E-state index is 13.9. The number of fused-ring (bicyclic) bond motifs is 1. The van der Waals surface area contributed by atoms with Crippen LogP contribution in [0.3, 0.4) is 0 Å². The van der Waals surface area contributed by atoms with E-state index in [9.17, 15) is 18.7 Å². The number of amides is 1. The number of hydrogen-bond donors (Lipinski definition) is 2. The molecule has 22 heavy (non-hydrogen) atoms. The summed E-state index contributed by atoms with van der Waals surface area (Å²) >= 11 is 0. The van der Waals surface area contributed by atoms with Crippen LogP contribution in [0.1, 0.15) is 30.8 Å². The summed E-state index contributed by atoms with van der Waals surface area (Å²) in [7, 11) is 0. The number of imidazole rings is 1. The lowest BCUT2D eigenvalue weighted by Gasteiger charge is -2.14. The fraction of sp³-hybridized carbons (Fsp3) is 0.333. The molecule has 116 valence electrons. The van der Waals surface area contributed by atoms with Gasteiger partial charge < -0.3 is 15.0 Å². The average Bonchev–Trinajstić information content (AvgIpc) is 2.99. The molecular weight excluding hydrogens is 292 g/mol. The Morgan fingerprint density at radius 2 is 2.27 bits per heavy atom. The molecule has 0 radical (unpaired) electrons. The van der Waals surface area contributed by atoms with Crippen molar-refractivity contribution in [1.82, 2.24) is 9.55 Å². The number of aryl methyl sites for hydroxylation is 1. The first-order chi connectivity index (χ1) is 10.5. The first-order valence-corrected chi connectivity index (χ1v) is 6.97. The molecular formula is C15H15F2N3O2. The van der Waals surface area contributed by atoms with Crippen molar-refractivity contribution in [2.24, 2.45) is 0 Å². The Hall–Kier alpha value is -2.28. The van der Waals surface area contributed by atoms with E-state index in [1.54, 1.807) is 10.8 Å². The SMILES string of the molecule is C[C@@H](O)C(=O)Nc1cn2c(n1)CCC2c1ccc(F)cc1F. The van der Waals surface area contributed by atoms with Crippen molar-refractivity contribution in [3.05, 3.63) is 47.4 Å². The molecule has 2 aromatic rings. The van der Waals surface area contributed by atoms with Gasteiger partial charge in [-0.1, -0.05) is 6.07 Å². The minimum Gasteiger partial charge on any atom is -0.384 e. The number of nitrogens with zero attached hydrogens (tertiary/aromatic N) is 2. The molecule has 1 aliphatic heterocycles. The van der Waals surface area contributed by atoms with Crippen LogP contribution in [-0.4, -0.2) is 26.7 Å². The normalized spacial score (nSPS) is 18.1. The van der Waals surface area contributed by atoms with Crippen LogP contribution >= 0.6 is 0 Å². The number of aliphatic hydroxyl groups is 1. The second-order valence-electron chi connectivity index (χ2n) is 5.34. The van der Waals surface area contributed by atoms with Gasteiger partial charge in [0.2, 0.25) is 0 Å². The van der Waals surface area contributed by atoms with Gasteiger partial charge in [-0.05, 0) is 19.4 Å². The largest absolute Gasteiger partial charge is 0.384 e. The number of benzene rings is 1. The van der Waals surface area contributed by atoms with Crippen molar-refractivity contribution in [3.63, 3.8) is 0 Å². The van der Waals surface area contributed by atoms with E-state index in [0.717, 1.165) is 11.9 Å². The lowest BCUT2D eigenvalue weighted by molar-refractivity contribution is -0.123. The molecule has 7 heteroatoms. The Bertz CT molecular complexity index is 728. The zero-order valence-corrected chi connectivity index (χ0v) is 11.9. The van der Waals surface area contributed by atoms with Gasteiger partial charge in [-0.3, -0.25) is 4.79 Å². The summed E-state index contributed by atoms with van der Waals surface area (Å²) in [5.74, 6) is -0.736. The highest BCUT2D eigenvalue weighted by Gasteiger charge is 2.28. The van der Waals surface area contributed by atoms with E-state index < -0.39 is 23.6 Å². The standard InChI is InChI=1S/C15H15F2N3O2/c1-8(21)15(22)19-13-7-20-12(4-5-14(20)18-13)10-3-2-9(16)6-11(10)17/h2-3,6-8,12,21H,4-5H2,1H3,(H,19,22)/t8-,12?/m1/s1. The van der Waals surface area contributed by atoms with Gasteiger partial charge >= 0.3 is 0 Å². The summed E-state index contributed by atoms with van der Waals surface area (Å²) in [5, 5.41) is 11.7. The Labute approximate surface area is 125 Å². The third-order valence-corrected chi connectivity index (χ3v) is 3.74. The summed E-state index contributed by atoms with van der Waals surface area (Å²) < 4.78 is 28.7. The number of hydrogen-bond acceptors (Lipinski definition) is 3. The number of carbonyl (C=O) groups excluding carboxylic acids is 1. The molecule has 0 bridgehead atoms. The first kappa shape index (κ1) is 14.6. The van der Waals surface area contributed by atoms with Crippen molar-refractivity contribution in [2.45, 2.75) is 31.9 Å². The maximum Gasteiger partial charge on any atom is 0.254 e. The minimum atomic E-state index is -1.14. The van der Waals surface area contributed by atoms with E-state index >= 15 is 0 Å². The molecule has 2 N–H and O–H groups in total. The summed E-state index contributed by atoms with van der Waals surface area (Å²) in [6.07, 6.45) is 1.76. The molecule has 0 aliphatic carbocycles. The molecule has 2 heterocycles. The summed E-state index contributed by atoms with van der Waals surface area (Å²) in [6, 6.07) is 3.24. The van der Waals surface area contributed by atoms with E-state index in [-0.39, 0.29) is 6.04 Å². The second kappa shape index (κ2) is 5.49. The van der Waals surface area contributed by atoms with E-state index in [2.05, 4.69) is 10.3 Å². The van der Waals surface area contributed by atoms with Gasteiger partial charge in [0.15, 0.2) is 5.82 Å². The van der Waals surface area contributed by atoms with Crippen LogP contribution in [-0.2, 0) is 11.2 Å². The number of halogens is 2. The number of aliphatic hydroxyl groups excluding tert-OH is 1. The minimum absolute atomic E-state index is 0.277. The molecule has 0 saturated carbocycles. The van der Waals surface area contributed by atoms with Gasteiger partial charge in [-0.2, -0.15) is 0 Å². The zero-order chi connectivity index (χ0) is 15.9. The van der Waals surface area contributed by atoms with Gasteiger partial charge in [0.25, 0.3) is 5.91 Å². The predicted octanol–water partition coefficient (Wildman–Crippen LogP) is 2.02. The highest BCUT2D eigenvalue weighted by Crippen LogP contribution is 2.34. The van der Waals surface area contributed by atoms with Crippen LogP contribution in [0.4, 0.5) is 14.6 Å². The van der Waals surface area contributed by atoms with Crippen LogP contribution in [0.2, 0.25) is 0 Å². The maximum absolute atomic E-state index is 13.9. The van der Waals surface area contributed by atoms with Gasteiger partial charge in [0.05, 0.1) is 6.04 Å². The molecule has 1 amide bonds. The molecule has 0 fully saturated rings. The van der Waals surface area contributed by atoms with Crippen molar-refractivity contribution in [1.29, 1.82) is 0 Å². The van der Waals surface area contributed by atoms with Crippen LogP contribution in [0.15, 0.2) is 24.4 Å². The van der Waals surface area contributed by atoms with E-state index in [4.69, 9.17) is 0 Å². The number of carbonyl (C=O) groups is 1. The van der Waals surface area contributed by atoms with Gasteiger partial charge in [-0.25, -0.2) is 13.8 Å². The van der Waals surface area contributed by atoms with Crippen LogP contribution in [0.25, 0.3) is 0 Å². The highest BCUT2D eigenvalue weighted by atomic mass is 19.1. The van der Waals surface area contributed by atoms with Crippen molar-refractivity contribution in [2.75, 3.05) is 5.32 Å². The Balaban J connectivity index is 1.88. The lowest BCUT2D eigenvalue weighted by atomic mass is 10.0. The molecule has 1 unspecified atom stereocenters. The average molecular weight is 307 g/mol. The molecule has 1 aliphatic rings. The summed E-state index contributed by atoms with van der Waals surface area (Å²) in [4.78, 5) is 15.7. The zero-order valence-electron chi connectivity index (χ0n) is 11.9. The molecule has 2 atom stereocenters. The third-order valence-electron chi connectivity index (χ3n) is 3.74.